The molecule has 0 aliphatic carbocycles. The molecule has 2 aromatic carbocycles. The largest absolute Gasteiger partial charge is 0.494 e. The summed E-state index contributed by atoms with van der Waals surface area (Å²) >= 11 is 0. The topological polar surface area (TPSA) is 30.5 Å². The number of ether oxygens (including phenoxy) is 2. The van der Waals surface area contributed by atoms with Gasteiger partial charge in [0, 0.05) is 18.3 Å². The van der Waals surface area contributed by atoms with E-state index in [0.717, 1.165) is 36.8 Å². The second kappa shape index (κ2) is 8.62. The van der Waals surface area contributed by atoms with Gasteiger partial charge in [-0.3, -0.25) is 0 Å². The van der Waals surface area contributed by atoms with Gasteiger partial charge in [0.2, 0.25) is 0 Å². The first kappa shape index (κ1) is 18.2. The van der Waals surface area contributed by atoms with Crippen LogP contribution in [0, 0.1) is 0 Å². The van der Waals surface area contributed by atoms with Crippen LogP contribution >= 0.6 is 0 Å². The lowest BCUT2D eigenvalue weighted by Gasteiger charge is -2.22. The molecule has 0 bridgehead atoms. The van der Waals surface area contributed by atoms with Gasteiger partial charge in [0.1, 0.15) is 18.1 Å². The highest BCUT2D eigenvalue weighted by atomic mass is 16.5. The summed E-state index contributed by atoms with van der Waals surface area (Å²) in [6, 6.07) is 16.3. The number of hydrogen-bond acceptors (Lipinski definition) is 3. The second-order valence-corrected chi connectivity index (χ2v) is 6.90. The van der Waals surface area contributed by atoms with Gasteiger partial charge in [0.05, 0.1) is 6.61 Å². The molecule has 0 unspecified atom stereocenters. The van der Waals surface area contributed by atoms with Crippen molar-refractivity contribution in [3.63, 3.8) is 0 Å². The number of anilines is 1. The zero-order chi connectivity index (χ0) is 17.4. The maximum absolute atomic E-state index is 5.99. The van der Waals surface area contributed by atoms with Crippen LogP contribution in [-0.4, -0.2) is 19.8 Å². The van der Waals surface area contributed by atoms with E-state index < -0.39 is 0 Å². The smallest absolute Gasteiger partial charge is 0.123 e. The third-order valence-corrected chi connectivity index (χ3v) is 3.69. The van der Waals surface area contributed by atoms with E-state index in [4.69, 9.17) is 9.47 Å². The fourth-order valence-electron chi connectivity index (χ4n) is 2.48. The third-order valence-electron chi connectivity index (χ3n) is 3.69. The van der Waals surface area contributed by atoms with Crippen molar-refractivity contribution in [3.05, 3.63) is 54.1 Å². The monoisotopic (exact) mass is 327 g/mol. The fourth-order valence-corrected chi connectivity index (χ4v) is 2.48. The minimum atomic E-state index is 0.0783. The number of hydrogen-bond donors (Lipinski definition) is 1. The van der Waals surface area contributed by atoms with Crippen molar-refractivity contribution in [2.24, 2.45) is 0 Å². The molecule has 0 aromatic heterocycles. The van der Waals surface area contributed by atoms with E-state index in [1.807, 2.05) is 36.4 Å². The molecule has 0 spiro atoms. The van der Waals surface area contributed by atoms with Crippen molar-refractivity contribution < 1.29 is 9.47 Å². The Hall–Kier alpha value is -2.16. The number of nitrogens with one attached hydrogen (secondary N) is 1. The maximum Gasteiger partial charge on any atom is 0.123 e. The molecule has 24 heavy (non-hydrogen) atoms. The molecule has 2 rings (SSSR count). The van der Waals surface area contributed by atoms with Crippen molar-refractivity contribution >= 4 is 5.69 Å². The van der Waals surface area contributed by atoms with E-state index in [9.17, 15) is 0 Å². The maximum atomic E-state index is 5.99. The predicted molar refractivity (Wildman–Crippen MR) is 101 cm³/mol. The molecule has 0 atom stereocenters. The van der Waals surface area contributed by atoms with E-state index in [2.05, 4.69) is 45.1 Å². The summed E-state index contributed by atoms with van der Waals surface area (Å²) in [6.07, 6.45) is 1.01. The summed E-state index contributed by atoms with van der Waals surface area (Å²) in [6.45, 7) is 10.8. The summed E-state index contributed by atoms with van der Waals surface area (Å²) in [5, 5.41) is 3.38. The molecule has 0 saturated carbocycles. The van der Waals surface area contributed by atoms with Gasteiger partial charge < -0.3 is 14.8 Å². The molecule has 2 aromatic rings. The minimum absolute atomic E-state index is 0.0783. The molecule has 0 aliphatic rings. The summed E-state index contributed by atoms with van der Waals surface area (Å²) in [7, 11) is 0. The van der Waals surface area contributed by atoms with Crippen LogP contribution in [0.15, 0.2) is 48.5 Å². The van der Waals surface area contributed by atoms with Crippen LogP contribution in [0.5, 0.6) is 11.5 Å². The average molecular weight is 327 g/mol. The van der Waals surface area contributed by atoms with Crippen molar-refractivity contribution in [1.82, 2.24) is 0 Å². The summed E-state index contributed by atoms with van der Waals surface area (Å²) in [5.41, 5.74) is 2.37. The first-order valence-corrected chi connectivity index (χ1v) is 8.69. The van der Waals surface area contributed by atoms with Gasteiger partial charge >= 0.3 is 0 Å². The van der Waals surface area contributed by atoms with Gasteiger partial charge in [0.15, 0.2) is 0 Å². The lowest BCUT2D eigenvalue weighted by molar-refractivity contribution is 0.317. The zero-order valence-corrected chi connectivity index (χ0v) is 15.3. The first-order valence-electron chi connectivity index (χ1n) is 8.69. The predicted octanol–water partition coefficient (Wildman–Crippen LogP) is 5.26. The van der Waals surface area contributed by atoms with Gasteiger partial charge in [0.25, 0.3) is 0 Å². The van der Waals surface area contributed by atoms with Crippen LogP contribution in [0.3, 0.4) is 0 Å². The number of benzene rings is 2. The van der Waals surface area contributed by atoms with Gasteiger partial charge in [-0.1, -0.05) is 52.0 Å². The summed E-state index contributed by atoms with van der Waals surface area (Å²) in [4.78, 5) is 0. The normalized spacial score (nSPS) is 11.2. The van der Waals surface area contributed by atoms with E-state index in [1.54, 1.807) is 0 Å². The Bertz CT molecular complexity index is 632. The van der Waals surface area contributed by atoms with E-state index >= 15 is 0 Å². The van der Waals surface area contributed by atoms with Gasteiger partial charge in [-0.25, -0.2) is 0 Å². The molecule has 3 nitrogen and oxygen atoms in total. The summed E-state index contributed by atoms with van der Waals surface area (Å²) in [5.74, 6) is 1.87. The Kier molecular flexibility index (Phi) is 6.53. The molecular formula is C21H29NO2. The van der Waals surface area contributed by atoms with Crippen LogP contribution in [0.4, 0.5) is 5.69 Å². The second-order valence-electron chi connectivity index (χ2n) is 6.90. The summed E-state index contributed by atoms with van der Waals surface area (Å²) < 4.78 is 11.6. The molecular weight excluding hydrogens is 298 g/mol. The van der Waals surface area contributed by atoms with Crippen LogP contribution in [0.2, 0.25) is 0 Å². The van der Waals surface area contributed by atoms with E-state index in [1.165, 1.54) is 5.56 Å². The van der Waals surface area contributed by atoms with E-state index in [0.29, 0.717) is 6.61 Å². The van der Waals surface area contributed by atoms with Gasteiger partial charge in [-0.2, -0.15) is 0 Å². The number of rotatable bonds is 8. The van der Waals surface area contributed by atoms with Gasteiger partial charge in [-0.15, -0.1) is 0 Å². The molecule has 1 N–H and O–H groups in total. The molecule has 0 amide bonds. The third kappa shape index (κ3) is 5.48. The highest BCUT2D eigenvalue weighted by Gasteiger charge is 2.18. The van der Waals surface area contributed by atoms with Crippen LogP contribution in [0.1, 0.15) is 39.7 Å². The van der Waals surface area contributed by atoms with Crippen LogP contribution in [-0.2, 0) is 5.41 Å². The molecule has 0 radical (unpaired) electrons. The van der Waals surface area contributed by atoms with Crippen molar-refractivity contribution in [2.45, 2.75) is 39.5 Å². The lowest BCUT2D eigenvalue weighted by Crippen LogP contribution is -2.16. The molecule has 0 saturated heterocycles. The van der Waals surface area contributed by atoms with Crippen molar-refractivity contribution in [3.8, 4) is 11.5 Å². The standard InChI is InChI=1S/C21H29NO2/c1-5-14-23-18-10-8-9-17(16-18)22-13-15-24-20-12-7-6-11-19(20)21(2,3)4/h6-12,16,22H,5,13-15H2,1-4H3. The number of para-hydroxylation sites is 1. The highest BCUT2D eigenvalue weighted by Crippen LogP contribution is 2.30. The van der Waals surface area contributed by atoms with Crippen LogP contribution < -0.4 is 14.8 Å². The molecule has 3 heteroatoms. The molecule has 0 fully saturated rings. The molecule has 0 aliphatic heterocycles. The first-order chi connectivity index (χ1) is 11.5. The minimum Gasteiger partial charge on any atom is -0.494 e. The Labute approximate surface area is 146 Å². The fraction of sp³-hybridized carbons (Fsp3) is 0.429. The molecule has 0 heterocycles. The Balaban J connectivity index is 1.86. The van der Waals surface area contributed by atoms with E-state index in [-0.39, 0.29) is 5.41 Å². The lowest BCUT2D eigenvalue weighted by atomic mass is 9.86. The van der Waals surface area contributed by atoms with Crippen molar-refractivity contribution in [1.29, 1.82) is 0 Å². The Morgan fingerprint density at radius 1 is 0.917 bits per heavy atom. The van der Waals surface area contributed by atoms with Gasteiger partial charge in [-0.05, 0) is 35.6 Å². The zero-order valence-electron chi connectivity index (χ0n) is 15.3. The molecule has 130 valence electrons. The Morgan fingerprint density at radius 3 is 2.46 bits per heavy atom. The Morgan fingerprint density at radius 2 is 1.71 bits per heavy atom. The SMILES string of the molecule is CCCOc1cccc(NCCOc2ccccc2C(C)(C)C)c1. The highest BCUT2D eigenvalue weighted by molar-refractivity contribution is 5.48. The average Bonchev–Trinajstić information content (AvgIpc) is 2.57. The quantitative estimate of drug-likeness (QED) is 0.671. The van der Waals surface area contributed by atoms with Crippen LogP contribution in [0.25, 0.3) is 0 Å². The van der Waals surface area contributed by atoms with Crippen molar-refractivity contribution in [2.75, 3.05) is 25.1 Å².